The van der Waals surface area contributed by atoms with Crippen molar-refractivity contribution in [2.75, 3.05) is 18.6 Å². The van der Waals surface area contributed by atoms with Gasteiger partial charge in [-0.1, -0.05) is 50.2 Å². The minimum absolute atomic E-state index is 0.0204. The van der Waals surface area contributed by atoms with Crippen molar-refractivity contribution in [3.63, 3.8) is 0 Å². The summed E-state index contributed by atoms with van der Waals surface area (Å²) >= 11 is 0. The molecule has 0 aliphatic carbocycles. The van der Waals surface area contributed by atoms with Gasteiger partial charge in [0.05, 0.1) is 32.0 Å². The molecule has 18 nitrogen and oxygen atoms in total. The number of hydrogen-bond donors (Lipinski definition) is 6. The first-order valence-corrected chi connectivity index (χ1v) is 20.2. The summed E-state index contributed by atoms with van der Waals surface area (Å²) in [5, 5.41) is 7.68. The highest BCUT2D eigenvalue weighted by Gasteiger charge is 2.46. The fourth-order valence-electron chi connectivity index (χ4n) is 5.54. The molecule has 2 aromatic carbocycles. The van der Waals surface area contributed by atoms with Gasteiger partial charge in [0.1, 0.15) is 11.7 Å². The van der Waals surface area contributed by atoms with Crippen LogP contribution in [0.15, 0.2) is 67.1 Å². The normalized spacial score (nSPS) is 14.7. The molecule has 55 heavy (non-hydrogen) atoms. The lowest BCUT2D eigenvalue weighted by molar-refractivity contribution is -0.123. The molecule has 0 bridgehead atoms. The predicted octanol–water partition coefficient (Wildman–Crippen LogP) is 2.79. The van der Waals surface area contributed by atoms with Crippen LogP contribution in [0.2, 0.25) is 0 Å². The zero-order valence-electron chi connectivity index (χ0n) is 30.4. The number of anilines is 1. The van der Waals surface area contributed by atoms with Crippen LogP contribution in [0.1, 0.15) is 60.3 Å². The molecule has 1 aliphatic rings. The zero-order valence-corrected chi connectivity index (χ0v) is 32.2. The van der Waals surface area contributed by atoms with E-state index in [-0.39, 0.29) is 50.7 Å². The number of amides is 4. The van der Waals surface area contributed by atoms with Gasteiger partial charge in [-0.05, 0) is 52.1 Å². The first-order chi connectivity index (χ1) is 26.1. The molecule has 21 heteroatoms. The molecule has 2 heterocycles. The molecule has 1 aliphatic heterocycles. The maximum atomic E-state index is 13.9. The number of fused-ring (bicyclic) bond motifs is 1. The molecule has 4 atom stereocenters. The number of benzene rings is 2. The Hall–Kier alpha value is -4.61. The summed E-state index contributed by atoms with van der Waals surface area (Å²) in [5.74, 6) is -2.34. The summed E-state index contributed by atoms with van der Waals surface area (Å²) in [6.45, 7) is 4.01. The Kier molecular flexibility index (Phi) is 16.0. The first-order valence-electron chi connectivity index (χ1n) is 17.3. The van der Waals surface area contributed by atoms with E-state index in [1.54, 1.807) is 18.2 Å². The molecular formula is C34H44BN6O12P2+. The van der Waals surface area contributed by atoms with E-state index in [0.717, 1.165) is 16.7 Å². The van der Waals surface area contributed by atoms with Crippen LogP contribution in [-0.4, -0.2) is 86.7 Å². The molecule has 0 saturated carbocycles. The van der Waals surface area contributed by atoms with Crippen LogP contribution in [0.5, 0.6) is 0 Å². The lowest BCUT2D eigenvalue weighted by atomic mass is 9.73. The highest BCUT2D eigenvalue weighted by Crippen LogP contribution is 2.49. The number of carbonyl (C=O) groups is 4. The van der Waals surface area contributed by atoms with Crippen molar-refractivity contribution in [3.8, 4) is 0 Å². The highest BCUT2D eigenvalue weighted by molar-refractivity contribution is 7.65. The lowest BCUT2D eigenvalue weighted by Gasteiger charge is -2.27. The van der Waals surface area contributed by atoms with Gasteiger partial charge in [-0.2, -0.15) is 4.89 Å². The Morgan fingerprint density at radius 3 is 2.36 bits per heavy atom. The summed E-state index contributed by atoms with van der Waals surface area (Å²) in [5.41, 5.74) is 0.671. The van der Waals surface area contributed by atoms with Crippen LogP contribution < -0.4 is 20.9 Å². The fraction of sp³-hybridized carbons (Fsp3) is 0.412. The molecule has 1 aromatic heterocycles. The Balaban J connectivity index is 1.37. The fourth-order valence-corrected chi connectivity index (χ4v) is 7.13. The molecule has 0 radical (unpaired) electrons. The van der Waals surface area contributed by atoms with Gasteiger partial charge < -0.3 is 34.5 Å². The van der Waals surface area contributed by atoms with Gasteiger partial charge in [0, 0.05) is 38.0 Å². The van der Waals surface area contributed by atoms with E-state index in [1.807, 2.05) is 49.5 Å². The number of carbonyl (C=O) groups excluding carboxylic acids is 4. The van der Waals surface area contributed by atoms with Crippen molar-refractivity contribution in [2.45, 2.75) is 70.3 Å². The molecule has 4 rings (SSSR count). The maximum Gasteiger partial charge on any atom is 0.544 e. The highest BCUT2D eigenvalue weighted by atomic mass is 31.2. The lowest BCUT2D eigenvalue weighted by Crippen LogP contribution is -2.56. The SMILES string of the molecule is CC(C)C[C@H](NC(=O)[C@H](Cc1ccccc1)NC(=O)c1cnccn1)B1OCc2ccc(N(C)C(=O)OCCCC(=O)NC([P+](=O)O)P(=O)(O)O)cc2CO1. The van der Waals surface area contributed by atoms with E-state index in [0.29, 0.717) is 12.1 Å². The summed E-state index contributed by atoms with van der Waals surface area (Å²) in [6, 6.07) is 13.5. The van der Waals surface area contributed by atoms with E-state index < -0.39 is 64.1 Å². The number of rotatable bonds is 17. The van der Waals surface area contributed by atoms with Gasteiger partial charge in [-0.15, -0.1) is 0 Å². The smallest absolute Gasteiger partial charge is 0.449 e. The van der Waals surface area contributed by atoms with E-state index in [4.69, 9.17) is 28.7 Å². The Morgan fingerprint density at radius 2 is 1.73 bits per heavy atom. The van der Waals surface area contributed by atoms with Crippen molar-refractivity contribution >= 4 is 52.2 Å². The van der Waals surface area contributed by atoms with Crippen molar-refractivity contribution in [2.24, 2.45) is 5.92 Å². The molecule has 3 aromatic rings. The second-order valence-electron chi connectivity index (χ2n) is 13.1. The van der Waals surface area contributed by atoms with Crippen LogP contribution in [0.25, 0.3) is 0 Å². The van der Waals surface area contributed by atoms with E-state index in [9.17, 15) is 28.3 Å². The van der Waals surface area contributed by atoms with Gasteiger partial charge in [0.15, 0.2) is 0 Å². The van der Waals surface area contributed by atoms with Crippen LogP contribution in [0.4, 0.5) is 10.5 Å². The summed E-state index contributed by atoms with van der Waals surface area (Å²) in [6.07, 6.45) is 3.78. The third-order valence-corrected chi connectivity index (χ3v) is 11.1. The minimum Gasteiger partial charge on any atom is -0.449 e. The Labute approximate surface area is 318 Å². The van der Waals surface area contributed by atoms with Crippen LogP contribution >= 0.6 is 15.6 Å². The third kappa shape index (κ3) is 13.3. The molecule has 0 fully saturated rings. The first kappa shape index (κ1) is 43.1. The largest absolute Gasteiger partial charge is 0.544 e. The number of nitrogens with one attached hydrogen (secondary N) is 3. The number of nitrogens with zero attached hydrogens (tertiary/aromatic N) is 3. The standard InChI is InChI=1S/C34H43BN6O12P2/c1-22(2)16-29(39-31(43)27(17-23-8-5-4-6-9-23)38-32(44)28-19-36-13-14-37-28)35-52-20-24-11-12-26(18-25(24)21-53-35)41(3)34(45)51-15-7-10-30(42)40-33(54(46)47)55(48,49)50/h4-6,8-9,11-14,18-19,22,27,29,33H,7,10,15-17,20-21H2,1-3H3,(H5-,38,39,40,42,43,44,46,47,48,49,50)/p+1/t27-,29-,33?/m0/s1. The predicted molar refractivity (Wildman–Crippen MR) is 199 cm³/mol. The number of ether oxygens (including phenoxy) is 1. The van der Waals surface area contributed by atoms with E-state index in [1.165, 1.54) is 30.5 Å². The zero-order chi connectivity index (χ0) is 40.1. The average molecular weight is 802 g/mol. The van der Waals surface area contributed by atoms with Crippen LogP contribution in [0.3, 0.4) is 0 Å². The van der Waals surface area contributed by atoms with Crippen LogP contribution in [-0.2, 0) is 52.4 Å². The molecule has 2 unspecified atom stereocenters. The summed E-state index contributed by atoms with van der Waals surface area (Å²) < 4.78 is 40.2. The molecular weight excluding hydrogens is 757 g/mol. The van der Waals surface area contributed by atoms with Crippen molar-refractivity contribution in [1.29, 1.82) is 0 Å². The molecule has 6 N–H and O–H groups in total. The second kappa shape index (κ2) is 20.4. The van der Waals surface area contributed by atoms with Crippen molar-refractivity contribution in [3.05, 3.63) is 89.5 Å². The van der Waals surface area contributed by atoms with Gasteiger partial charge in [0.2, 0.25) is 11.8 Å². The third-order valence-electron chi connectivity index (χ3n) is 8.33. The van der Waals surface area contributed by atoms with Gasteiger partial charge in [-0.25, -0.2) is 9.78 Å². The number of hydrogen-bond acceptors (Lipinski definition) is 11. The van der Waals surface area contributed by atoms with Crippen LogP contribution in [0, 0.1) is 5.92 Å². The second-order valence-corrected chi connectivity index (χ2v) is 16.3. The van der Waals surface area contributed by atoms with Crippen molar-refractivity contribution < 1.29 is 57.0 Å². The topological polar surface area (TPSA) is 256 Å². The van der Waals surface area contributed by atoms with E-state index in [2.05, 4.69) is 20.6 Å². The van der Waals surface area contributed by atoms with Gasteiger partial charge in [0.25, 0.3) is 5.91 Å². The Bertz CT molecular complexity index is 1860. The monoisotopic (exact) mass is 801 g/mol. The molecule has 0 spiro atoms. The molecule has 4 amide bonds. The summed E-state index contributed by atoms with van der Waals surface area (Å²) in [7, 11) is -7.80. The van der Waals surface area contributed by atoms with E-state index >= 15 is 0 Å². The van der Waals surface area contributed by atoms with Gasteiger partial charge >= 0.3 is 34.4 Å². The molecule has 0 saturated heterocycles. The minimum atomic E-state index is -5.05. The maximum absolute atomic E-state index is 13.9. The molecule has 294 valence electrons. The summed E-state index contributed by atoms with van der Waals surface area (Å²) in [4.78, 5) is 88.4. The van der Waals surface area contributed by atoms with Gasteiger partial charge in [-0.3, -0.25) is 34.1 Å². The average Bonchev–Trinajstić information content (AvgIpc) is 3.37. The quantitative estimate of drug-likeness (QED) is 0.0652. The number of aromatic nitrogens is 2. The Morgan fingerprint density at radius 1 is 1.02 bits per heavy atom. The van der Waals surface area contributed by atoms with Crippen molar-refractivity contribution in [1.82, 2.24) is 25.9 Å².